The van der Waals surface area contributed by atoms with Crippen LogP contribution in [0.1, 0.15) is 5.82 Å². The van der Waals surface area contributed by atoms with Gasteiger partial charge in [0.1, 0.15) is 5.82 Å². The van der Waals surface area contributed by atoms with Crippen molar-refractivity contribution < 1.29 is 9.53 Å². The largest absolute Gasteiger partial charge is 0.383 e. The fourth-order valence-corrected chi connectivity index (χ4v) is 1.39. The number of imidazole rings is 1. The maximum Gasteiger partial charge on any atom is 0.234 e. The number of ether oxygens (including phenoxy) is 1. The summed E-state index contributed by atoms with van der Waals surface area (Å²) in [6.07, 6.45) is 4.49. The summed E-state index contributed by atoms with van der Waals surface area (Å²) in [5.74, 6) is 0.999. The first-order valence-corrected chi connectivity index (χ1v) is 5.66. The van der Waals surface area contributed by atoms with Gasteiger partial charge in [0.05, 0.1) is 13.2 Å². The van der Waals surface area contributed by atoms with E-state index in [0.717, 1.165) is 18.8 Å². The Hall–Kier alpha value is -1.40. The van der Waals surface area contributed by atoms with Crippen LogP contribution in [0.4, 0.5) is 0 Å². The van der Waals surface area contributed by atoms with Gasteiger partial charge in [0, 0.05) is 46.1 Å². The number of methoxy groups -OCH3 is 1. The second-order valence-corrected chi connectivity index (χ2v) is 3.72. The number of aromatic nitrogens is 2. The highest BCUT2D eigenvalue weighted by Gasteiger charge is 2.01. The van der Waals surface area contributed by atoms with E-state index >= 15 is 0 Å². The van der Waals surface area contributed by atoms with Crippen molar-refractivity contribution in [3.8, 4) is 0 Å². The third kappa shape index (κ3) is 5.46. The Bertz CT molecular complexity index is 338. The number of nitrogens with zero attached hydrogens (tertiary/aromatic N) is 2. The number of nitrogens with one attached hydrogen (secondary N) is 2. The minimum absolute atomic E-state index is 0.0121. The van der Waals surface area contributed by atoms with Crippen LogP contribution in [0.2, 0.25) is 0 Å². The third-order valence-electron chi connectivity index (χ3n) is 2.36. The molecule has 0 saturated carbocycles. The molecule has 1 aromatic rings. The van der Waals surface area contributed by atoms with Crippen molar-refractivity contribution in [3.05, 3.63) is 18.2 Å². The van der Waals surface area contributed by atoms with E-state index in [0.29, 0.717) is 19.7 Å². The van der Waals surface area contributed by atoms with Crippen molar-refractivity contribution >= 4 is 5.91 Å². The zero-order chi connectivity index (χ0) is 12.5. The van der Waals surface area contributed by atoms with Crippen LogP contribution in [0.3, 0.4) is 0 Å². The van der Waals surface area contributed by atoms with Crippen molar-refractivity contribution in [1.82, 2.24) is 20.2 Å². The molecule has 96 valence electrons. The fourth-order valence-electron chi connectivity index (χ4n) is 1.39. The van der Waals surface area contributed by atoms with Gasteiger partial charge in [-0.15, -0.1) is 0 Å². The van der Waals surface area contributed by atoms with Crippen LogP contribution in [-0.2, 0) is 23.0 Å². The molecule has 0 bridgehead atoms. The Morgan fingerprint density at radius 1 is 1.53 bits per heavy atom. The van der Waals surface area contributed by atoms with Gasteiger partial charge in [-0.05, 0) is 0 Å². The SMILES string of the molecule is COCCNC(=O)CNCCc1nccn1C. The lowest BCUT2D eigenvalue weighted by Gasteiger charge is -2.06. The van der Waals surface area contributed by atoms with E-state index < -0.39 is 0 Å². The summed E-state index contributed by atoms with van der Waals surface area (Å²) in [6, 6.07) is 0. The van der Waals surface area contributed by atoms with E-state index in [2.05, 4.69) is 15.6 Å². The summed E-state index contributed by atoms with van der Waals surface area (Å²) >= 11 is 0. The molecule has 0 aliphatic carbocycles. The van der Waals surface area contributed by atoms with Crippen LogP contribution < -0.4 is 10.6 Å². The smallest absolute Gasteiger partial charge is 0.234 e. The Morgan fingerprint density at radius 3 is 3.00 bits per heavy atom. The minimum Gasteiger partial charge on any atom is -0.383 e. The molecule has 6 nitrogen and oxygen atoms in total. The molecule has 2 N–H and O–H groups in total. The van der Waals surface area contributed by atoms with Gasteiger partial charge >= 0.3 is 0 Å². The van der Waals surface area contributed by atoms with E-state index in [-0.39, 0.29) is 5.91 Å². The summed E-state index contributed by atoms with van der Waals surface area (Å²) in [4.78, 5) is 15.5. The maximum atomic E-state index is 11.3. The summed E-state index contributed by atoms with van der Waals surface area (Å²) < 4.78 is 6.81. The number of rotatable bonds is 8. The monoisotopic (exact) mass is 240 g/mol. The molecule has 0 saturated heterocycles. The summed E-state index contributed by atoms with van der Waals surface area (Å²) in [6.45, 7) is 2.16. The van der Waals surface area contributed by atoms with Crippen molar-refractivity contribution in [2.45, 2.75) is 6.42 Å². The maximum absolute atomic E-state index is 11.3. The molecular formula is C11H20N4O2. The van der Waals surface area contributed by atoms with E-state index in [1.54, 1.807) is 13.3 Å². The standard InChI is InChI=1S/C11H20N4O2/c1-15-7-5-13-10(15)3-4-12-9-11(16)14-6-8-17-2/h5,7,12H,3-4,6,8-9H2,1-2H3,(H,14,16). The third-order valence-corrected chi connectivity index (χ3v) is 2.36. The highest BCUT2D eigenvalue weighted by Crippen LogP contribution is 1.93. The van der Waals surface area contributed by atoms with Crippen molar-refractivity contribution in [1.29, 1.82) is 0 Å². The molecule has 0 aromatic carbocycles. The normalized spacial score (nSPS) is 10.5. The molecule has 6 heteroatoms. The Labute approximate surface area is 101 Å². The molecule has 0 unspecified atom stereocenters. The molecule has 0 aliphatic heterocycles. The van der Waals surface area contributed by atoms with Gasteiger partial charge in [-0.3, -0.25) is 4.79 Å². The fraction of sp³-hybridized carbons (Fsp3) is 0.636. The van der Waals surface area contributed by atoms with E-state index in [9.17, 15) is 4.79 Å². The minimum atomic E-state index is -0.0121. The van der Waals surface area contributed by atoms with Gasteiger partial charge in [-0.1, -0.05) is 0 Å². The predicted octanol–water partition coefficient (Wildman–Crippen LogP) is -0.685. The first kappa shape index (κ1) is 13.7. The molecule has 17 heavy (non-hydrogen) atoms. The molecule has 1 rings (SSSR count). The van der Waals surface area contributed by atoms with Crippen molar-refractivity contribution in [2.75, 3.05) is 33.4 Å². The number of amides is 1. The van der Waals surface area contributed by atoms with Crippen LogP contribution in [-0.4, -0.2) is 48.8 Å². The second-order valence-electron chi connectivity index (χ2n) is 3.72. The molecular weight excluding hydrogens is 220 g/mol. The number of hydrogen-bond donors (Lipinski definition) is 2. The topological polar surface area (TPSA) is 68.2 Å². The first-order chi connectivity index (χ1) is 8.24. The van der Waals surface area contributed by atoms with Crippen molar-refractivity contribution in [3.63, 3.8) is 0 Å². The highest BCUT2D eigenvalue weighted by molar-refractivity contribution is 5.77. The Morgan fingerprint density at radius 2 is 2.35 bits per heavy atom. The molecule has 0 radical (unpaired) electrons. The summed E-state index contributed by atoms with van der Waals surface area (Å²) in [5, 5.41) is 5.81. The molecule has 0 spiro atoms. The van der Waals surface area contributed by atoms with Crippen LogP contribution in [0, 0.1) is 0 Å². The van der Waals surface area contributed by atoms with Crippen LogP contribution in [0.15, 0.2) is 12.4 Å². The van der Waals surface area contributed by atoms with Gasteiger partial charge in [0.15, 0.2) is 0 Å². The number of carbonyl (C=O) groups excluding carboxylic acids is 1. The zero-order valence-corrected chi connectivity index (χ0v) is 10.4. The van der Waals surface area contributed by atoms with E-state index in [1.807, 2.05) is 17.8 Å². The molecule has 1 heterocycles. The Kier molecular flexibility index (Phi) is 6.27. The van der Waals surface area contributed by atoms with Gasteiger partial charge in [0.25, 0.3) is 0 Å². The molecule has 0 atom stereocenters. The molecule has 1 aromatic heterocycles. The number of hydrogen-bond acceptors (Lipinski definition) is 4. The number of carbonyl (C=O) groups is 1. The average molecular weight is 240 g/mol. The second kappa shape index (κ2) is 7.81. The molecule has 1 amide bonds. The van der Waals surface area contributed by atoms with Crippen LogP contribution in [0.5, 0.6) is 0 Å². The first-order valence-electron chi connectivity index (χ1n) is 5.66. The van der Waals surface area contributed by atoms with Crippen molar-refractivity contribution in [2.24, 2.45) is 7.05 Å². The highest BCUT2D eigenvalue weighted by atomic mass is 16.5. The lowest BCUT2D eigenvalue weighted by Crippen LogP contribution is -2.36. The lowest BCUT2D eigenvalue weighted by atomic mass is 10.4. The molecule has 0 fully saturated rings. The van der Waals surface area contributed by atoms with Crippen LogP contribution in [0.25, 0.3) is 0 Å². The van der Waals surface area contributed by atoms with E-state index in [1.165, 1.54) is 0 Å². The van der Waals surface area contributed by atoms with E-state index in [4.69, 9.17) is 4.74 Å². The quantitative estimate of drug-likeness (QED) is 0.591. The van der Waals surface area contributed by atoms with Gasteiger partial charge in [0.2, 0.25) is 5.91 Å². The van der Waals surface area contributed by atoms with Gasteiger partial charge < -0.3 is 19.9 Å². The van der Waals surface area contributed by atoms with Gasteiger partial charge in [-0.2, -0.15) is 0 Å². The summed E-state index contributed by atoms with van der Waals surface area (Å²) in [5.41, 5.74) is 0. The Balaban J connectivity index is 2.04. The lowest BCUT2D eigenvalue weighted by molar-refractivity contribution is -0.120. The summed E-state index contributed by atoms with van der Waals surface area (Å²) in [7, 11) is 3.57. The average Bonchev–Trinajstić information content (AvgIpc) is 2.71. The zero-order valence-electron chi connectivity index (χ0n) is 10.4. The van der Waals surface area contributed by atoms with Crippen LogP contribution >= 0.6 is 0 Å². The number of aryl methyl sites for hydroxylation is 1. The predicted molar refractivity (Wildman–Crippen MR) is 64.7 cm³/mol. The van der Waals surface area contributed by atoms with Gasteiger partial charge in [-0.25, -0.2) is 4.98 Å². The molecule has 0 aliphatic rings.